The van der Waals surface area contributed by atoms with Gasteiger partial charge in [0.15, 0.2) is 0 Å². The number of hydrogen-bond acceptors (Lipinski definition) is 8. The highest BCUT2D eigenvalue weighted by molar-refractivity contribution is 7.98. The minimum atomic E-state index is -1.31. The second-order valence-electron chi connectivity index (χ2n) is 6.57. The summed E-state index contributed by atoms with van der Waals surface area (Å²) in [5, 5.41) is 25.7. The molecule has 29 heavy (non-hydrogen) atoms. The fourth-order valence-electron chi connectivity index (χ4n) is 2.35. The number of carbonyl (C=O) groups is 4. The predicted molar refractivity (Wildman–Crippen MR) is 110 cm³/mol. The fraction of sp³-hybridized carbons (Fsp3) is 0.765. The average molecular weight is 436 g/mol. The normalized spacial score (nSPS) is 14.9. The van der Waals surface area contributed by atoms with Gasteiger partial charge in [0.05, 0.1) is 12.1 Å². The second kappa shape index (κ2) is 15.0. The van der Waals surface area contributed by atoms with Crippen molar-refractivity contribution >= 4 is 35.5 Å². The van der Waals surface area contributed by atoms with Gasteiger partial charge >= 0.3 is 5.97 Å². The first-order valence-electron chi connectivity index (χ1n) is 9.36. The lowest BCUT2D eigenvalue weighted by atomic mass is 10.1. The molecular weight excluding hydrogens is 402 g/mol. The third-order valence-corrected chi connectivity index (χ3v) is 4.67. The molecule has 0 heterocycles. The van der Waals surface area contributed by atoms with Gasteiger partial charge < -0.3 is 37.6 Å². The summed E-state index contributed by atoms with van der Waals surface area (Å²) in [4.78, 5) is 47.7. The zero-order valence-corrected chi connectivity index (χ0v) is 17.7. The van der Waals surface area contributed by atoms with Gasteiger partial charge in [0.25, 0.3) is 0 Å². The van der Waals surface area contributed by atoms with E-state index in [4.69, 9.17) is 16.6 Å². The molecule has 4 unspecified atom stereocenters. The van der Waals surface area contributed by atoms with Gasteiger partial charge in [-0.05, 0) is 51.2 Å². The molecule has 0 spiro atoms. The van der Waals surface area contributed by atoms with Gasteiger partial charge in [0.1, 0.15) is 18.6 Å². The number of aliphatic hydroxyl groups is 1. The van der Waals surface area contributed by atoms with Gasteiger partial charge in [-0.2, -0.15) is 11.8 Å². The van der Waals surface area contributed by atoms with Crippen LogP contribution >= 0.6 is 11.8 Å². The van der Waals surface area contributed by atoms with E-state index in [1.54, 1.807) is 0 Å². The van der Waals surface area contributed by atoms with Crippen LogP contribution in [-0.4, -0.2) is 83.2 Å². The van der Waals surface area contributed by atoms with Crippen LogP contribution in [0.3, 0.4) is 0 Å². The Hall–Kier alpha value is -1.89. The monoisotopic (exact) mass is 435 g/mol. The maximum absolute atomic E-state index is 12.6. The van der Waals surface area contributed by atoms with Crippen molar-refractivity contribution in [1.82, 2.24) is 16.0 Å². The van der Waals surface area contributed by atoms with Crippen LogP contribution in [0.5, 0.6) is 0 Å². The lowest BCUT2D eigenvalue weighted by molar-refractivity contribution is -0.138. The number of carboxylic acid groups (broad SMARTS) is 1. The van der Waals surface area contributed by atoms with Crippen LogP contribution in [0.25, 0.3) is 0 Å². The Kier molecular flexibility index (Phi) is 14.0. The van der Waals surface area contributed by atoms with Crippen LogP contribution in [0.4, 0.5) is 0 Å². The Bertz CT molecular complexity index is 548. The molecule has 0 aromatic carbocycles. The van der Waals surface area contributed by atoms with E-state index in [0.29, 0.717) is 31.6 Å². The molecule has 0 radical (unpaired) electrons. The number of carbonyl (C=O) groups excluding carboxylic acids is 3. The van der Waals surface area contributed by atoms with E-state index in [-0.39, 0.29) is 6.42 Å². The number of hydrogen-bond donors (Lipinski definition) is 7. The molecule has 3 amide bonds. The Balaban J connectivity index is 5.08. The molecule has 0 aromatic rings. The van der Waals surface area contributed by atoms with Gasteiger partial charge in [0.2, 0.25) is 17.7 Å². The molecule has 168 valence electrons. The topological polar surface area (TPSA) is 197 Å². The Morgan fingerprint density at radius 3 is 2.21 bits per heavy atom. The summed E-state index contributed by atoms with van der Waals surface area (Å²) in [6.45, 7) is 1.13. The molecular formula is C17H33N5O6S. The van der Waals surface area contributed by atoms with Crippen molar-refractivity contribution in [3.05, 3.63) is 0 Å². The molecule has 0 saturated heterocycles. The third kappa shape index (κ3) is 11.6. The largest absolute Gasteiger partial charge is 0.480 e. The maximum Gasteiger partial charge on any atom is 0.322 e. The molecule has 0 fully saturated rings. The highest BCUT2D eigenvalue weighted by Gasteiger charge is 2.30. The maximum atomic E-state index is 12.6. The smallest absolute Gasteiger partial charge is 0.322 e. The van der Waals surface area contributed by atoms with Crippen molar-refractivity contribution in [3.8, 4) is 0 Å². The van der Waals surface area contributed by atoms with Crippen LogP contribution in [-0.2, 0) is 19.2 Å². The predicted octanol–water partition coefficient (Wildman–Crippen LogP) is -2.25. The second-order valence-corrected chi connectivity index (χ2v) is 7.56. The van der Waals surface area contributed by atoms with Crippen LogP contribution in [0.2, 0.25) is 0 Å². The van der Waals surface area contributed by atoms with Crippen LogP contribution < -0.4 is 27.4 Å². The molecule has 4 atom stereocenters. The van der Waals surface area contributed by atoms with Crippen molar-refractivity contribution in [2.75, 3.05) is 25.1 Å². The summed E-state index contributed by atoms with van der Waals surface area (Å²) in [5.74, 6) is -2.60. The number of rotatable bonds is 15. The highest BCUT2D eigenvalue weighted by Crippen LogP contribution is 2.04. The van der Waals surface area contributed by atoms with Crippen molar-refractivity contribution in [3.63, 3.8) is 0 Å². The lowest BCUT2D eigenvalue weighted by Gasteiger charge is -2.25. The molecule has 0 aliphatic rings. The average Bonchev–Trinajstić information content (AvgIpc) is 2.66. The summed E-state index contributed by atoms with van der Waals surface area (Å²) in [5.41, 5.74) is 11.2. The molecule has 0 aliphatic carbocycles. The van der Waals surface area contributed by atoms with E-state index in [9.17, 15) is 24.3 Å². The molecule has 9 N–H and O–H groups in total. The standard InChI is InChI=1S/C17H33N5O6S/c1-10(23)14(22-15(26)11(19)6-8-29-2)17(28)21-12(5-3-4-7-18)16(27)20-9-13(24)25/h10-12,14,23H,3-9,18-19H2,1-2H3,(H,20,27)(H,21,28)(H,22,26)(H,24,25). The molecule has 0 saturated carbocycles. The van der Waals surface area contributed by atoms with Gasteiger partial charge in [-0.3, -0.25) is 19.2 Å². The van der Waals surface area contributed by atoms with Crippen LogP contribution in [0, 0.1) is 0 Å². The molecule has 0 bridgehead atoms. The van der Waals surface area contributed by atoms with E-state index in [2.05, 4.69) is 16.0 Å². The first kappa shape index (κ1) is 27.1. The summed E-state index contributed by atoms with van der Waals surface area (Å²) in [6.07, 6.45) is 2.39. The number of thioether (sulfide) groups is 1. The summed E-state index contributed by atoms with van der Waals surface area (Å²) in [6, 6.07) is -3.18. The van der Waals surface area contributed by atoms with Gasteiger partial charge in [-0.15, -0.1) is 0 Å². The van der Waals surface area contributed by atoms with E-state index in [0.717, 1.165) is 0 Å². The van der Waals surface area contributed by atoms with Gasteiger partial charge in [-0.1, -0.05) is 0 Å². The Labute approximate surface area is 174 Å². The van der Waals surface area contributed by atoms with E-state index in [1.165, 1.54) is 18.7 Å². The van der Waals surface area contributed by atoms with E-state index in [1.807, 2.05) is 6.26 Å². The van der Waals surface area contributed by atoms with Crippen molar-refractivity contribution in [2.24, 2.45) is 11.5 Å². The molecule has 0 rings (SSSR count). The molecule has 12 heteroatoms. The highest BCUT2D eigenvalue weighted by atomic mass is 32.2. The van der Waals surface area contributed by atoms with Crippen molar-refractivity contribution in [1.29, 1.82) is 0 Å². The quantitative estimate of drug-likeness (QED) is 0.139. The number of nitrogens with one attached hydrogen (secondary N) is 3. The molecule has 0 aromatic heterocycles. The zero-order valence-electron chi connectivity index (χ0n) is 16.8. The van der Waals surface area contributed by atoms with Crippen LogP contribution in [0.1, 0.15) is 32.6 Å². The van der Waals surface area contributed by atoms with E-state index >= 15 is 0 Å². The number of aliphatic carboxylic acids is 1. The number of carboxylic acids is 1. The third-order valence-electron chi connectivity index (χ3n) is 4.03. The fourth-order valence-corrected chi connectivity index (χ4v) is 2.84. The van der Waals surface area contributed by atoms with Crippen molar-refractivity contribution < 1.29 is 29.4 Å². The first-order valence-corrected chi connectivity index (χ1v) is 10.8. The number of aliphatic hydroxyl groups excluding tert-OH is 1. The number of unbranched alkanes of at least 4 members (excludes halogenated alkanes) is 1. The van der Waals surface area contributed by atoms with Crippen molar-refractivity contribution in [2.45, 2.75) is 56.8 Å². The zero-order chi connectivity index (χ0) is 22.4. The summed E-state index contributed by atoms with van der Waals surface area (Å²) in [7, 11) is 0. The summed E-state index contributed by atoms with van der Waals surface area (Å²) >= 11 is 1.52. The van der Waals surface area contributed by atoms with Gasteiger partial charge in [-0.25, -0.2) is 0 Å². The number of amides is 3. The Morgan fingerprint density at radius 1 is 1.03 bits per heavy atom. The van der Waals surface area contributed by atoms with E-state index < -0.39 is 54.5 Å². The van der Waals surface area contributed by atoms with Crippen LogP contribution in [0.15, 0.2) is 0 Å². The summed E-state index contributed by atoms with van der Waals surface area (Å²) < 4.78 is 0. The lowest BCUT2D eigenvalue weighted by Crippen LogP contribution is -2.59. The Morgan fingerprint density at radius 2 is 1.69 bits per heavy atom. The molecule has 11 nitrogen and oxygen atoms in total. The SMILES string of the molecule is CSCCC(N)C(=O)NC(C(=O)NC(CCCCN)C(=O)NCC(=O)O)C(C)O. The number of nitrogens with two attached hydrogens (primary N) is 2. The van der Waals surface area contributed by atoms with Gasteiger partial charge in [0, 0.05) is 0 Å². The minimum Gasteiger partial charge on any atom is -0.480 e. The first-order chi connectivity index (χ1) is 13.6. The minimum absolute atomic E-state index is 0.224. The molecule has 0 aliphatic heterocycles.